The lowest BCUT2D eigenvalue weighted by molar-refractivity contribution is 0.00525. The number of benzene rings is 1. The second-order valence-corrected chi connectivity index (χ2v) is 7.66. The molecular weight excluding hydrogens is 447 g/mol. The van der Waals surface area contributed by atoms with Gasteiger partial charge < -0.3 is 15.4 Å². The maximum atomic E-state index is 6.22. The lowest BCUT2D eigenvalue weighted by Crippen LogP contribution is -2.49. The molecule has 2 aliphatic rings. The Morgan fingerprint density at radius 3 is 2.88 bits per heavy atom. The first-order valence-electron chi connectivity index (χ1n) is 8.74. The quantitative estimate of drug-likeness (QED) is 0.411. The summed E-state index contributed by atoms with van der Waals surface area (Å²) in [7, 11) is 0. The summed E-state index contributed by atoms with van der Waals surface area (Å²) >= 11 is 2.02. The minimum atomic E-state index is 0. The molecular formula is C18H29IN4OS. The van der Waals surface area contributed by atoms with Crippen LogP contribution in [0.3, 0.4) is 0 Å². The van der Waals surface area contributed by atoms with Crippen LogP contribution < -0.4 is 5.73 Å². The van der Waals surface area contributed by atoms with Crippen molar-refractivity contribution in [3.05, 3.63) is 35.9 Å². The monoisotopic (exact) mass is 476 g/mol. The summed E-state index contributed by atoms with van der Waals surface area (Å²) in [5, 5.41) is 0. The number of halogens is 1. The van der Waals surface area contributed by atoms with Gasteiger partial charge in [-0.25, -0.2) is 0 Å². The van der Waals surface area contributed by atoms with Gasteiger partial charge >= 0.3 is 0 Å². The lowest BCUT2D eigenvalue weighted by Gasteiger charge is -2.35. The van der Waals surface area contributed by atoms with E-state index in [0.29, 0.717) is 12.0 Å². The molecule has 2 heterocycles. The number of hydrogen-bond acceptors (Lipinski definition) is 4. The van der Waals surface area contributed by atoms with Crippen LogP contribution in [0.2, 0.25) is 0 Å². The van der Waals surface area contributed by atoms with Crippen molar-refractivity contribution in [3.8, 4) is 0 Å². The van der Waals surface area contributed by atoms with Crippen molar-refractivity contribution in [3.63, 3.8) is 0 Å². The van der Waals surface area contributed by atoms with Crippen molar-refractivity contribution < 1.29 is 4.74 Å². The lowest BCUT2D eigenvalue weighted by atomic mass is 10.2. The van der Waals surface area contributed by atoms with Crippen LogP contribution >= 0.6 is 35.7 Å². The van der Waals surface area contributed by atoms with Crippen LogP contribution in [0, 0.1) is 0 Å². The number of nitrogens with zero attached hydrogens (tertiary/aromatic N) is 3. The highest BCUT2D eigenvalue weighted by molar-refractivity contribution is 14.0. The average Bonchev–Trinajstić information content (AvgIpc) is 2.61. The minimum Gasteiger partial charge on any atom is -0.375 e. The maximum absolute atomic E-state index is 6.22. The van der Waals surface area contributed by atoms with E-state index in [2.05, 4.69) is 47.1 Å². The van der Waals surface area contributed by atoms with Crippen LogP contribution in [-0.2, 0) is 11.3 Å². The Labute approximate surface area is 172 Å². The SMILES string of the molecule is CC1CN(C(N)=NCC2CSCCN2Cc2ccccc2)CCO1.I. The van der Waals surface area contributed by atoms with Gasteiger partial charge in [-0.1, -0.05) is 30.3 Å². The number of guanidine groups is 1. The predicted molar refractivity (Wildman–Crippen MR) is 117 cm³/mol. The zero-order valence-corrected chi connectivity index (χ0v) is 18.0. The van der Waals surface area contributed by atoms with Gasteiger partial charge in [-0.3, -0.25) is 9.89 Å². The number of aliphatic imine (C=N–C) groups is 1. The van der Waals surface area contributed by atoms with Crippen molar-refractivity contribution >= 4 is 41.7 Å². The summed E-state index contributed by atoms with van der Waals surface area (Å²) < 4.78 is 5.57. The van der Waals surface area contributed by atoms with Gasteiger partial charge in [0, 0.05) is 43.7 Å². The Bertz CT molecular complexity index is 545. The summed E-state index contributed by atoms with van der Waals surface area (Å²) in [5.41, 5.74) is 7.59. The largest absolute Gasteiger partial charge is 0.375 e. The number of hydrogen-bond donors (Lipinski definition) is 1. The van der Waals surface area contributed by atoms with Gasteiger partial charge in [-0.15, -0.1) is 24.0 Å². The predicted octanol–water partition coefficient (Wildman–Crippen LogP) is 2.26. The minimum absolute atomic E-state index is 0. The fourth-order valence-corrected chi connectivity index (χ4v) is 4.33. The van der Waals surface area contributed by atoms with Crippen molar-refractivity contribution in [2.75, 3.05) is 44.3 Å². The summed E-state index contributed by atoms with van der Waals surface area (Å²) in [6, 6.07) is 11.1. The molecule has 0 aromatic heterocycles. The van der Waals surface area contributed by atoms with Crippen LogP contribution in [0.15, 0.2) is 35.3 Å². The van der Waals surface area contributed by atoms with Crippen molar-refractivity contribution in [2.24, 2.45) is 10.7 Å². The molecule has 2 fully saturated rings. The zero-order chi connectivity index (χ0) is 16.8. The van der Waals surface area contributed by atoms with Gasteiger partial charge in [0.1, 0.15) is 0 Å². The molecule has 1 aromatic carbocycles. The van der Waals surface area contributed by atoms with Gasteiger partial charge in [-0.2, -0.15) is 11.8 Å². The Hall–Kier alpha value is -0.510. The molecule has 0 bridgehead atoms. The third kappa shape index (κ3) is 6.30. The van der Waals surface area contributed by atoms with E-state index >= 15 is 0 Å². The highest BCUT2D eigenvalue weighted by Gasteiger charge is 2.23. The first-order valence-corrected chi connectivity index (χ1v) is 9.90. The second kappa shape index (κ2) is 10.6. The Kier molecular flexibility index (Phi) is 8.81. The molecule has 0 amide bonds. The Balaban J connectivity index is 0.00000225. The molecule has 140 valence electrons. The van der Waals surface area contributed by atoms with Crippen LogP contribution in [0.25, 0.3) is 0 Å². The molecule has 25 heavy (non-hydrogen) atoms. The van der Waals surface area contributed by atoms with E-state index in [-0.39, 0.29) is 30.1 Å². The third-order valence-corrected chi connectivity index (χ3v) is 5.70. The molecule has 0 spiro atoms. The second-order valence-electron chi connectivity index (χ2n) is 6.51. The van der Waals surface area contributed by atoms with Crippen molar-refractivity contribution in [1.29, 1.82) is 0 Å². The molecule has 2 N–H and O–H groups in total. The first-order chi connectivity index (χ1) is 11.7. The number of nitrogens with two attached hydrogens (primary N) is 1. The highest BCUT2D eigenvalue weighted by Crippen LogP contribution is 2.19. The normalized spacial score (nSPS) is 25.5. The number of ether oxygens (including phenoxy) is 1. The van der Waals surface area contributed by atoms with Crippen LogP contribution in [-0.4, -0.2) is 72.2 Å². The van der Waals surface area contributed by atoms with Gasteiger partial charge in [-0.05, 0) is 12.5 Å². The molecule has 3 rings (SSSR count). The van der Waals surface area contributed by atoms with Crippen molar-refractivity contribution in [2.45, 2.75) is 25.6 Å². The fraction of sp³-hybridized carbons (Fsp3) is 0.611. The van der Waals surface area contributed by atoms with Crippen LogP contribution in [0.5, 0.6) is 0 Å². The number of rotatable bonds is 4. The topological polar surface area (TPSA) is 54.1 Å². The van der Waals surface area contributed by atoms with Gasteiger partial charge in [0.05, 0.1) is 19.3 Å². The molecule has 5 nitrogen and oxygen atoms in total. The molecule has 2 aliphatic heterocycles. The molecule has 2 atom stereocenters. The van der Waals surface area contributed by atoms with Crippen LogP contribution in [0.4, 0.5) is 0 Å². The van der Waals surface area contributed by atoms with Gasteiger partial charge in [0.2, 0.25) is 0 Å². The Morgan fingerprint density at radius 2 is 2.12 bits per heavy atom. The fourth-order valence-electron chi connectivity index (χ4n) is 3.21. The molecule has 0 radical (unpaired) electrons. The molecule has 1 aromatic rings. The van der Waals surface area contributed by atoms with E-state index in [1.54, 1.807) is 0 Å². The van der Waals surface area contributed by atoms with E-state index in [0.717, 1.165) is 45.1 Å². The third-order valence-electron chi connectivity index (χ3n) is 4.61. The smallest absolute Gasteiger partial charge is 0.191 e. The number of morpholine rings is 1. The maximum Gasteiger partial charge on any atom is 0.191 e. The van der Waals surface area contributed by atoms with E-state index in [1.807, 2.05) is 11.8 Å². The summed E-state index contributed by atoms with van der Waals surface area (Å²) in [6.07, 6.45) is 0.229. The van der Waals surface area contributed by atoms with Gasteiger partial charge in [0.25, 0.3) is 0 Å². The molecule has 0 saturated carbocycles. The summed E-state index contributed by atoms with van der Waals surface area (Å²) in [4.78, 5) is 9.40. The van der Waals surface area contributed by atoms with E-state index in [1.165, 1.54) is 11.3 Å². The number of thioether (sulfide) groups is 1. The standard InChI is InChI=1S/C18H28N4OS.HI/c1-15-12-22(7-9-23-15)18(19)20-11-17-14-24-10-8-21(17)13-16-5-3-2-4-6-16;/h2-6,15,17H,7-14H2,1H3,(H2,19,20);1H. The molecule has 2 saturated heterocycles. The molecule has 0 aliphatic carbocycles. The van der Waals surface area contributed by atoms with Crippen LogP contribution in [0.1, 0.15) is 12.5 Å². The molecule has 2 unspecified atom stereocenters. The van der Waals surface area contributed by atoms with Crippen molar-refractivity contribution in [1.82, 2.24) is 9.80 Å². The zero-order valence-electron chi connectivity index (χ0n) is 14.8. The summed E-state index contributed by atoms with van der Waals surface area (Å²) in [6.45, 7) is 7.38. The highest BCUT2D eigenvalue weighted by atomic mass is 127. The molecule has 7 heteroatoms. The average molecular weight is 476 g/mol. The van der Waals surface area contributed by atoms with E-state index < -0.39 is 0 Å². The Morgan fingerprint density at radius 1 is 1.32 bits per heavy atom. The first kappa shape index (κ1) is 20.8. The van der Waals surface area contributed by atoms with E-state index in [4.69, 9.17) is 15.5 Å². The summed E-state index contributed by atoms with van der Waals surface area (Å²) in [5.74, 6) is 2.99. The van der Waals surface area contributed by atoms with Gasteiger partial charge in [0.15, 0.2) is 5.96 Å². The van der Waals surface area contributed by atoms with E-state index in [9.17, 15) is 0 Å².